The Kier molecular flexibility index (Phi) is 1.98. The summed E-state index contributed by atoms with van der Waals surface area (Å²) in [6.07, 6.45) is 6.21. The Balaban J connectivity index is 2.27. The molecular formula is C12H19N. The molecule has 0 spiro atoms. The summed E-state index contributed by atoms with van der Waals surface area (Å²) >= 11 is 0. The maximum Gasteiger partial charge on any atom is 0.0532 e. The van der Waals surface area contributed by atoms with Gasteiger partial charge in [-0.3, -0.25) is 0 Å². The fraction of sp³-hybridized carbons (Fsp3) is 0.667. The molecule has 0 N–H and O–H groups in total. The largest absolute Gasteiger partial charge is 0.371 e. The van der Waals surface area contributed by atoms with Gasteiger partial charge in [-0.25, -0.2) is 0 Å². The Labute approximate surface area is 81.1 Å². The summed E-state index contributed by atoms with van der Waals surface area (Å²) in [6, 6.07) is 0.649. The van der Waals surface area contributed by atoms with Gasteiger partial charge in [0.2, 0.25) is 0 Å². The lowest BCUT2D eigenvalue weighted by atomic mass is 9.81. The molecule has 0 bridgehead atoms. The van der Waals surface area contributed by atoms with Gasteiger partial charge in [0.15, 0.2) is 0 Å². The maximum absolute atomic E-state index is 2.45. The first-order valence-corrected chi connectivity index (χ1v) is 5.19. The molecule has 0 aromatic carbocycles. The first-order chi connectivity index (χ1) is 6.09. The van der Waals surface area contributed by atoms with Crippen molar-refractivity contribution in [3.63, 3.8) is 0 Å². The van der Waals surface area contributed by atoms with Gasteiger partial charge in [-0.2, -0.15) is 0 Å². The van der Waals surface area contributed by atoms with Crippen LogP contribution in [0, 0.1) is 11.8 Å². The standard InChI is InChI=1S/C12H19N/c1-8-5-11-7-10(3)13(4)12(11)6-9(8)2/h6-8,11-12H,5H2,1-4H3. The summed E-state index contributed by atoms with van der Waals surface area (Å²) < 4.78 is 0. The van der Waals surface area contributed by atoms with Crippen molar-refractivity contribution in [2.75, 3.05) is 7.05 Å². The molecule has 0 amide bonds. The second-order valence-electron chi connectivity index (χ2n) is 4.62. The minimum atomic E-state index is 0.649. The fourth-order valence-electron chi connectivity index (χ4n) is 2.52. The van der Waals surface area contributed by atoms with E-state index in [1.165, 1.54) is 12.1 Å². The molecule has 0 aromatic heterocycles. The van der Waals surface area contributed by atoms with Crippen LogP contribution in [0.5, 0.6) is 0 Å². The molecule has 0 aromatic rings. The second kappa shape index (κ2) is 2.90. The quantitative estimate of drug-likeness (QED) is 0.514. The lowest BCUT2D eigenvalue weighted by molar-refractivity contribution is 0.293. The average Bonchev–Trinajstić information content (AvgIpc) is 2.32. The van der Waals surface area contributed by atoms with Gasteiger partial charge in [0.1, 0.15) is 0 Å². The molecule has 0 fully saturated rings. The zero-order valence-electron chi connectivity index (χ0n) is 9.04. The van der Waals surface area contributed by atoms with Crippen molar-refractivity contribution in [1.82, 2.24) is 4.90 Å². The Morgan fingerprint density at radius 2 is 2.00 bits per heavy atom. The second-order valence-corrected chi connectivity index (χ2v) is 4.62. The predicted octanol–water partition coefficient (Wildman–Crippen LogP) is 2.81. The van der Waals surface area contributed by atoms with E-state index in [1.54, 1.807) is 5.57 Å². The molecule has 3 unspecified atom stereocenters. The van der Waals surface area contributed by atoms with Crippen molar-refractivity contribution in [1.29, 1.82) is 0 Å². The van der Waals surface area contributed by atoms with Crippen molar-refractivity contribution in [3.8, 4) is 0 Å². The summed E-state index contributed by atoms with van der Waals surface area (Å²) in [5.41, 5.74) is 3.00. The molecule has 1 heterocycles. The number of nitrogens with zero attached hydrogens (tertiary/aromatic N) is 1. The van der Waals surface area contributed by atoms with E-state index in [9.17, 15) is 0 Å². The van der Waals surface area contributed by atoms with Crippen LogP contribution in [-0.4, -0.2) is 18.0 Å². The highest BCUT2D eigenvalue weighted by molar-refractivity contribution is 5.24. The third-order valence-corrected chi connectivity index (χ3v) is 3.73. The predicted molar refractivity (Wildman–Crippen MR) is 56.3 cm³/mol. The van der Waals surface area contributed by atoms with Crippen LogP contribution in [0.25, 0.3) is 0 Å². The third-order valence-electron chi connectivity index (χ3n) is 3.73. The van der Waals surface area contributed by atoms with Gasteiger partial charge < -0.3 is 4.90 Å². The number of allylic oxidation sites excluding steroid dienone is 2. The Bertz CT molecular complexity index is 275. The minimum absolute atomic E-state index is 0.649. The molecule has 2 aliphatic rings. The Hall–Kier alpha value is -0.720. The lowest BCUT2D eigenvalue weighted by Crippen LogP contribution is -2.32. The number of hydrogen-bond donors (Lipinski definition) is 0. The van der Waals surface area contributed by atoms with E-state index in [0.29, 0.717) is 6.04 Å². The molecule has 1 heteroatoms. The molecule has 2 rings (SSSR count). The van der Waals surface area contributed by atoms with Gasteiger partial charge >= 0.3 is 0 Å². The van der Waals surface area contributed by atoms with E-state index >= 15 is 0 Å². The molecule has 1 nitrogen and oxygen atoms in total. The van der Waals surface area contributed by atoms with Crippen LogP contribution in [0.3, 0.4) is 0 Å². The van der Waals surface area contributed by atoms with Gasteiger partial charge in [-0.1, -0.05) is 24.6 Å². The van der Waals surface area contributed by atoms with E-state index in [-0.39, 0.29) is 0 Å². The SMILES string of the molecule is CC1=CC2C(C=C(C)N2C)CC1C. The number of likely N-dealkylation sites (N-methyl/N-ethyl adjacent to an activating group) is 1. The van der Waals surface area contributed by atoms with E-state index in [0.717, 1.165) is 11.8 Å². The fourth-order valence-corrected chi connectivity index (χ4v) is 2.52. The summed E-state index contributed by atoms with van der Waals surface area (Å²) in [6.45, 7) is 6.82. The van der Waals surface area contributed by atoms with Gasteiger partial charge in [0.25, 0.3) is 0 Å². The molecule has 1 aliphatic heterocycles. The zero-order chi connectivity index (χ0) is 9.59. The van der Waals surface area contributed by atoms with Crippen LogP contribution in [-0.2, 0) is 0 Å². The highest BCUT2D eigenvalue weighted by atomic mass is 15.2. The smallest absolute Gasteiger partial charge is 0.0532 e. The van der Waals surface area contributed by atoms with Crippen molar-refractivity contribution in [3.05, 3.63) is 23.4 Å². The van der Waals surface area contributed by atoms with Gasteiger partial charge in [0, 0.05) is 18.7 Å². The molecule has 1 aliphatic carbocycles. The lowest BCUT2D eigenvalue weighted by Gasteiger charge is -2.32. The van der Waals surface area contributed by atoms with Crippen LogP contribution in [0.4, 0.5) is 0 Å². The molecule has 0 radical (unpaired) electrons. The van der Waals surface area contributed by atoms with E-state index < -0.39 is 0 Å². The number of fused-ring (bicyclic) bond motifs is 1. The van der Waals surface area contributed by atoms with Crippen LogP contribution in [0.1, 0.15) is 27.2 Å². The van der Waals surface area contributed by atoms with Crippen molar-refractivity contribution in [2.24, 2.45) is 11.8 Å². The van der Waals surface area contributed by atoms with E-state index in [1.807, 2.05) is 0 Å². The highest BCUT2D eigenvalue weighted by Crippen LogP contribution is 2.37. The van der Waals surface area contributed by atoms with Crippen LogP contribution in [0.15, 0.2) is 23.4 Å². The van der Waals surface area contributed by atoms with Crippen molar-refractivity contribution in [2.45, 2.75) is 33.2 Å². The van der Waals surface area contributed by atoms with Gasteiger partial charge in [0.05, 0.1) is 6.04 Å². The van der Waals surface area contributed by atoms with Crippen molar-refractivity contribution >= 4 is 0 Å². The third kappa shape index (κ3) is 1.31. The topological polar surface area (TPSA) is 3.24 Å². The van der Waals surface area contributed by atoms with Gasteiger partial charge in [-0.15, -0.1) is 0 Å². The summed E-state index contributed by atoms with van der Waals surface area (Å²) in [5, 5.41) is 0. The molecule has 72 valence electrons. The maximum atomic E-state index is 2.45. The summed E-state index contributed by atoms with van der Waals surface area (Å²) in [4.78, 5) is 2.40. The number of hydrogen-bond acceptors (Lipinski definition) is 1. The van der Waals surface area contributed by atoms with Crippen LogP contribution in [0.2, 0.25) is 0 Å². The monoisotopic (exact) mass is 177 g/mol. The normalized spacial score (nSPS) is 38.5. The first-order valence-electron chi connectivity index (χ1n) is 5.19. The van der Waals surface area contributed by atoms with E-state index in [4.69, 9.17) is 0 Å². The number of rotatable bonds is 0. The zero-order valence-corrected chi connectivity index (χ0v) is 9.04. The Morgan fingerprint density at radius 3 is 2.69 bits per heavy atom. The average molecular weight is 177 g/mol. The van der Waals surface area contributed by atoms with E-state index in [2.05, 4.69) is 44.9 Å². The molecule has 0 saturated heterocycles. The van der Waals surface area contributed by atoms with Crippen LogP contribution < -0.4 is 0 Å². The Morgan fingerprint density at radius 1 is 1.31 bits per heavy atom. The summed E-state index contributed by atoms with van der Waals surface area (Å²) in [5.74, 6) is 1.54. The molecule has 13 heavy (non-hydrogen) atoms. The molecular weight excluding hydrogens is 158 g/mol. The molecule has 3 atom stereocenters. The van der Waals surface area contributed by atoms with Crippen LogP contribution >= 0.6 is 0 Å². The van der Waals surface area contributed by atoms with Gasteiger partial charge in [-0.05, 0) is 26.2 Å². The first kappa shape index (κ1) is 8.86. The minimum Gasteiger partial charge on any atom is -0.371 e. The summed E-state index contributed by atoms with van der Waals surface area (Å²) in [7, 11) is 2.20. The molecule has 0 saturated carbocycles. The van der Waals surface area contributed by atoms with Crippen molar-refractivity contribution < 1.29 is 0 Å². The highest BCUT2D eigenvalue weighted by Gasteiger charge is 2.33.